The van der Waals surface area contributed by atoms with E-state index in [0.29, 0.717) is 17.4 Å². The van der Waals surface area contributed by atoms with Gasteiger partial charge in [0.25, 0.3) is 5.91 Å². The Hall–Kier alpha value is -0.910. The second-order valence-electron chi connectivity index (χ2n) is 9.15. The summed E-state index contributed by atoms with van der Waals surface area (Å²) in [4.78, 5) is 12.2. The SMILES string of the molecule is C=C(C)/C=C(\C)C(=O)NS(=C)CC(C)CCCC(C1OCCCO1)C1CCC1C. The molecule has 0 radical (unpaired) electrons. The molecule has 1 heterocycles. The first-order valence-electron chi connectivity index (χ1n) is 11.2. The van der Waals surface area contributed by atoms with Gasteiger partial charge in [-0.1, -0.05) is 50.8 Å². The van der Waals surface area contributed by atoms with Gasteiger partial charge in [0.05, 0.1) is 13.2 Å². The molecule has 2 fully saturated rings. The molecule has 4 nitrogen and oxygen atoms in total. The van der Waals surface area contributed by atoms with E-state index in [2.05, 4.69) is 31.0 Å². The summed E-state index contributed by atoms with van der Waals surface area (Å²) in [6.45, 7) is 13.8. The van der Waals surface area contributed by atoms with Crippen LogP contribution in [0, 0.1) is 23.7 Å². The van der Waals surface area contributed by atoms with Gasteiger partial charge >= 0.3 is 0 Å². The van der Waals surface area contributed by atoms with Gasteiger partial charge in [-0.15, -0.1) is 10.7 Å². The molecule has 0 spiro atoms. The maximum absolute atomic E-state index is 12.2. The van der Waals surface area contributed by atoms with Crippen molar-refractivity contribution in [3.63, 3.8) is 0 Å². The van der Waals surface area contributed by atoms with Crippen LogP contribution < -0.4 is 4.72 Å². The van der Waals surface area contributed by atoms with E-state index in [1.54, 1.807) is 0 Å². The van der Waals surface area contributed by atoms with Crippen molar-refractivity contribution in [2.45, 2.75) is 72.5 Å². The van der Waals surface area contributed by atoms with E-state index in [-0.39, 0.29) is 22.9 Å². The van der Waals surface area contributed by atoms with Gasteiger partial charge in [-0.2, -0.15) is 0 Å². The lowest BCUT2D eigenvalue weighted by molar-refractivity contribution is -0.223. The molecule has 5 heteroatoms. The van der Waals surface area contributed by atoms with Crippen molar-refractivity contribution < 1.29 is 14.3 Å². The van der Waals surface area contributed by atoms with E-state index in [4.69, 9.17) is 9.47 Å². The molecule has 2 rings (SSSR count). The second kappa shape index (κ2) is 12.1. The Morgan fingerprint density at radius 3 is 2.48 bits per heavy atom. The number of hydrogen-bond donors (Lipinski definition) is 1. The molecule has 2 aliphatic rings. The van der Waals surface area contributed by atoms with Crippen molar-refractivity contribution in [1.82, 2.24) is 4.72 Å². The number of hydrogen-bond acceptors (Lipinski definition) is 3. The number of nitrogens with one attached hydrogen (secondary N) is 1. The van der Waals surface area contributed by atoms with Crippen molar-refractivity contribution in [3.05, 3.63) is 23.8 Å². The van der Waals surface area contributed by atoms with E-state index in [1.165, 1.54) is 25.7 Å². The monoisotopic (exact) mass is 423 g/mol. The molecule has 1 amide bonds. The first-order chi connectivity index (χ1) is 13.8. The van der Waals surface area contributed by atoms with Crippen molar-refractivity contribution in [3.8, 4) is 0 Å². The number of rotatable bonds is 11. The maximum atomic E-state index is 12.2. The fraction of sp³-hybridized carbons (Fsp3) is 0.750. The number of carbonyl (C=O) groups excluding carboxylic acids is 1. The van der Waals surface area contributed by atoms with Crippen LogP contribution in [0.2, 0.25) is 0 Å². The highest BCUT2D eigenvalue weighted by Gasteiger charge is 2.39. The summed E-state index contributed by atoms with van der Waals surface area (Å²) < 4.78 is 15.0. The van der Waals surface area contributed by atoms with Crippen LogP contribution in [-0.2, 0) is 14.3 Å². The predicted molar refractivity (Wildman–Crippen MR) is 125 cm³/mol. The Kier molecular flexibility index (Phi) is 10.1. The zero-order valence-electron chi connectivity index (χ0n) is 18.9. The largest absolute Gasteiger partial charge is 0.352 e. The van der Waals surface area contributed by atoms with Crippen LogP contribution in [0.1, 0.15) is 66.2 Å². The lowest BCUT2D eigenvalue weighted by Gasteiger charge is -2.44. The summed E-state index contributed by atoms with van der Waals surface area (Å²) in [5.74, 6) is 7.65. The van der Waals surface area contributed by atoms with Crippen molar-refractivity contribution in [2.24, 2.45) is 23.7 Å². The highest BCUT2D eigenvalue weighted by atomic mass is 32.2. The third kappa shape index (κ3) is 8.03. The van der Waals surface area contributed by atoms with Crippen LogP contribution in [0.3, 0.4) is 0 Å². The van der Waals surface area contributed by atoms with Crippen LogP contribution in [0.4, 0.5) is 0 Å². The lowest BCUT2D eigenvalue weighted by atomic mass is 9.66. The van der Waals surface area contributed by atoms with Crippen LogP contribution in [0.15, 0.2) is 23.8 Å². The molecule has 5 atom stereocenters. The Morgan fingerprint density at radius 1 is 1.24 bits per heavy atom. The van der Waals surface area contributed by atoms with E-state index in [9.17, 15) is 4.79 Å². The van der Waals surface area contributed by atoms with Gasteiger partial charge in [-0.25, -0.2) is 0 Å². The number of amides is 1. The van der Waals surface area contributed by atoms with Crippen LogP contribution in [0.25, 0.3) is 0 Å². The first-order valence-corrected chi connectivity index (χ1v) is 12.7. The highest BCUT2D eigenvalue weighted by Crippen LogP contribution is 2.44. The topological polar surface area (TPSA) is 47.6 Å². The molecule has 5 unspecified atom stereocenters. The van der Waals surface area contributed by atoms with E-state index < -0.39 is 0 Å². The normalized spacial score (nSPS) is 26.3. The molecule has 1 N–H and O–H groups in total. The van der Waals surface area contributed by atoms with Gasteiger partial charge in [0.15, 0.2) is 6.29 Å². The zero-order valence-corrected chi connectivity index (χ0v) is 19.7. The molecule has 166 valence electrons. The fourth-order valence-electron chi connectivity index (χ4n) is 4.45. The summed E-state index contributed by atoms with van der Waals surface area (Å²) in [7, 11) is -0.358. The average molecular weight is 424 g/mol. The Morgan fingerprint density at radius 2 is 1.93 bits per heavy atom. The van der Waals surface area contributed by atoms with Gasteiger partial charge in [0.2, 0.25) is 0 Å². The minimum atomic E-state index is -0.358. The summed E-state index contributed by atoms with van der Waals surface area (Å²) in [6.07, 6.45) is 8.98. The van der Waals surface area contributed by atoms with Crippen molar-refractivity contribution in [1.29, 1.82) is 0 Å². The van der Waals surface area contributed by atoms with Gasteiger partial charge in [0, 0.05) is 17.2 Å². The quantitative estimate of drug-likeness (QED) is 0.272. The van der Waals surface area contributed by atoms with E-state index >= 15 is 0 Å². The van der Waals surface area contributed by atoms with Crippen LogP contribution >= 0.6 is 10.7 Å². The Labute approximate surface area is 180 Å². The van der Waals surface area contributed by atoms with Crippen LogP contribution in [-0.4, -0.2) is 37.0 Å². The number of ether oxygens (including phenoxy) is 2. The number of allylic oxidation sites excluding steroid dienone is 2. The molecule has 29 heavy (non-hydrogen) atoms. The van der Waals surface area contributed by atoms with Crippen molar-refractivity contribution in [2.75, 3.05) is 19.0 Å². The highest BCUT2D eigenvalue weighted by molar-refractivity contribution is 8.12. The van der Waals surface area contributed by atoms with Crippen LogP contribution in [0.5, 0.6) is 0 Å². The molecule has 1 aliphatic heterocycles. The Balaban J connectivity index is 1.75. The van der Waals surface area contributed by atoms with E-state index in [0.717, 1.165) is 49.2 Å². The summed E-state index contributed by atoms with van der Waals surface area (Å²) in [5, 5.41) is 0. The molecule has 1 aliphatic carbocycles. The summed E-state index contributed by atoms with van der Waals surface area (Å²) in [5.41, 5.74) is 1.58. The summed E-state index contributed by atoms with van der Waals surface area (Å²) in [6, 6.07) is 0. The zero-order chi connectivity index (χ0) is 21.4. The maximum Gasteiger partial charge on any atom is 0.256 e. The van der Waals surface area contributed by atoms with Gasteiger partial charge in [-0.05, 0) is 57.3 Å². The predicted octanol–water partition coefficient (Wildman–Crippen LogP) is 5.47. The molecule has 0 bridgehead atoms. The lowest BCUT2D eigenvalue weighted by Crippen LogP contribution is -2.42. The molecule has 1 saturated heterocycles. The third-order valence-electron chi connectivity index (χ3n) is 6.22. The minimum absolute atomic E-state index is 0.00311. The Bertz CT molecular complexity index is 609. The molecule has 0 aromatic carbocycles. The third-order valence-corrected chi connectivity index (χ3v) is 7.66. The van der Waals surface area contributed by atoms with Gasteiger partial charge in [0.1, 0.15) is 0 Å². The van der Waals surface area contributed by atoms with Crippen molar-refractivity contribution >= 4 is 22.4 Å². The smallest absolute Gasteiger partial charge is 0.256 e. The average Bonchev–Trinajstić information content (AvgIpc) is 2.65. The molecular weight excluding hydrogens is 382 g/mol. The molecule has 1 saturated carbocycles. The van der Waals surface area contributed by atoms with E-state index in [1.807, 2.05) is 19.9 Å². The second-order valence-corrected chi connectivity index (χ2v) is 10.7. The molecule has 0 aromatic rings. The first kappa shape index (κ1) is 24.4. The van der Waals surface area contributed by atoms with Gasteiger partial charge in [-0.3, -0.25) is 4.79 Å². The standard InChI is InChI=1S/C24H41NO3S/c1-17(2)15-20(5)23(26)25-29(6)16-18(3)9-7-10-22(21-12-11-19(21)4)24-27-13-8-14-28-24/h15,18-19,21-22,24H,1,6-14,16H2,2-5H3,(H,25,26)/b20-15+. The molecular formula is C24H41NO3S. The minimum Gasteiger partial charge on any atom is -0.352 e. The molecule has 0 aromatic heterocycles. The fourth-order valence-corrected chi connectivity index (χ4v) is 5.81. The number of carbonyl (C=O) groups is 1. The van der Waals surface area contributed by atoms with Gasteiger partial charge < -0.3 is 14.2 Å². The summed E-state index contributed by atoms with van der Waals surface area (Å²) >= 11 is 0.